The van der Waals surface area contributed by atoms with Crippen LogP contribution in [0.2, 0.25) is 0 Å². The van der Waals surface area contributed by atoms with Crippen LogP contribution in [-0.2, 0) is 7.05 Å². The van der Waals surface area contributed by atoms with E-state index in [0.717, 1.165) is 23.5 Å². The first-order chi connectivity index (χ1) is 8.72. The smallest absolute Gasteiger partial charge is 0.144 e. The molecule has 2 aromatic heterocycles. The third-order valence-electron chi connectivity index (χ3n) is 2.98. The van der Waals surface area contributed by atoms with Gasteiger partial charge >= 0.3 is 0 Å². The minimum absolute atomic E-state index is 0.393. The maximum Gasteiger partial charge on any atom is 0.144 e. The molecule has 1 aliphatic heterocycles. The zero-order valence-electron chi connectivity index (χ0n) is 10.2. The van der Waals surface area contributed by atoms with Crippen LogP contribution in [0.1, 0.15) is 23.9 Å². The highest BCUT2D eigenvalue weighted by molar-refractivity contribution is 7.99. The second-order valence-electron chi connectivity index (χ2n) is 4.44. The number of anilines is 1. The van der Waals surface area contributed by atoms with Crippen molar-refractivity contribution in [1.82, 2.24) is 19.7 Å². The van der Waals surface area contributed by atoms with Crippen molar-refractivity contribution in [3.05, 3.63) is 24.3 Å². The van der Waals surface area contributed by atoms with E-state index in [1.54, 1.807) is 16.9 Å². The van der Waals surface area contributed by atoms with Crippen LogP contribution in [0.4, 0.5) is 5.82 Å². The van der Waals surface area contributed by atoms with Crippen molar-refractivity contribution in [2.75, 3.05) is 11.5 Å². The number of aryl methyl sites for hydroxylation is 1. The Labute approximate surface area is 110 Å². The van der Waals surface area contributed by atoms with Crippen LogP contribution >= 0.6 is 11.8 Å². The van der Waals surface area contributed by atoms with Crippen LogP contribution in [0.15, 0.2) is 18.5 Å². The average molecular weight is 261 g/mol. The van der Waals surface area contributed by atoms with E-state index >= 15 is 0 Å². The second-order valence-corrected chi connectivity index (χ2v) is 5.75. The first kappa shape index (κ1) is 11.5. The van der Waals surface area contributed by atoms with Gasteiger partial charge in [-0.15, -0.1) is 0 Å². The summed E-state index contributed by atoms with van der Waals surface area (Å²) in [5.41, 5.74) is 7.73. The molecule has 0 spiro atoms. The number of nitrogens with zero attached hydrogens (tertiary/aromatic N) is 4. The highest BCUT2D eigenvalue weighted by Gasteiger charge is 2.21. The van der Waals surface area contributed by atoms with Gasteiger partial charge in [0, 0.05) is 24.9 Å². The van der Waals surface area contributed by atoms with E-state index in [-0.39, 0.29) is 0 Å². The monoisotopic (exact) mass is 261 g/mol. The van der Waals surface area contributed by atoms with Crippen molar-refractivity contribution in [2.24, 2.45) is 7.05 Å². The summed E-state index contributed by atoms with van der Waals surface area (Å²) in [6.45, 7) is 0. The zero-order chi connectivity index (χ0) is 12.5. The van der Waals surface area contributed by atoms with Crippen molar-refractivity contribution < 1.29 is 0 Å². The Kier molecular flexibility index (Phi) is 2.95. The molecule has 18 heavy (non-hydrogen) atoms. The summed E-state index contributed by atoms with van der Waals surface area (Å²) < 4.78 is 1.76. The van der Waals surface area contributed by atoms with Crippen LogP contribution in [0.3, 0.4) is 0 Å². The van der Waals surface area contributed by atoms with Crippen molar-refractivity contribution in [1.29, 1.82) is 0 Å². The van der Waals surface area contributed by atoms with E-state index in [1.165, 1.54) is 12.2 Å². The molecular weight excluding hydrogens is 246 g/mol. The van der Waals surface area contributed by atoms with Crippen LogP contribution < -0.4 is 5.73 Å². The van der Waals surface area contributed by atoms with Gasteiger partial charge in [0.25, 0.3) is 0 Å². The van der Waals surface area contributed by atoms with Crippen LogP contribution in [0.5, 0.6) is 0 Å². The van der Waals surface area contributed by atoms with Crippen molar-refractivity contribution >= 4 is 17.6 Å². The lowest BCUT2D eigenvalue weighted by Gasteiger charge is -2.09. The summed E-state index contributed by atoms with van der Waals surface area (Å²) in [6, 6.07) is 1.81. The average Bonchev–Trinajstić information content (AvgIpc) is 2.98. The molecule has 0 aliphatic carbocycles. The van der Waals surface area contributed by atoms with E-state index in [2.05, 4.69) is 15.1 Å². The number of nitrogen functional groups attached to an aromatic ring is 1. The quantitative estimate of drug-likeness (QED) is 0.895. The fraction of sp³-hybridized carbons (Fsp3) is 0.417. The minimum Gasteiger partial charge on any atom is -0.384 e. The lowest BCUT2D eigenvalue weighted by molar-refractivity contribution is 0.767. The predicted octanol–water partition coefficient (Wildman–Crippen LogP) is 2.03. The summed E-state index contributed by atoms with van der Waals surface area (Å²) in [5, 5.41) is 4.55. The molecule has 1 unspecified atom stereocenters. The number of thioether (sulfide) groups is 1. The van der Waals surface area contributed by atoms with Crippen molar-refractivity contribution in [2.45, 2.75) is 18.1 Å². The third kappa shape index (κ3) is 2.20. The molecule has 1 atom stereocenters. The molecule has 0 radical (unpaired) electrons. The van der Waals surface area contributed by atoms with E-state index in [1.807, 2.05) is 25.0 Å². The predicted molar refractivity (Wildman–Crippen MR) is 73.1 cm³/mol. The van der Waals surface area contributed by atoms with Crippen molar-refractivity contribution in [3.63, 3.8) is 0 Å². The van der Waals surface area contributed by atoms with Crippen LogP contribution in [0.25, 0.3) is 11.3 Å². The summed E-state index contributed by atoms with van der Waals surface area (Å²) in [4.78, 5) is 9.00. The summed E-state index contributed by atoms with van der Waals surface area (Å²) in [5.74, 6) is 2.58. The van der Waals surface area contributed by atoms with E-state index in [4.69, 9.17) is 5.73 Å². The molecule has 2 N–H and O–H groups in total. The topological polar surface area (TPSA) is 69.6 Å². The molecule has 0 bridgehead atoms. The van der Waals surface area contributed by atoms with Crippen LogP contribution in [0, 0.1) is 0 Å². The van der Waals surface area contributed by atoms with Gasteiger partial charge in [-0.2, -0.15) is 16.9 Å². The van der Waals surface area contributed by atoms with Gasteiger partial charge in [-0.25, -0.2) is 9.97 Å². The number of rotatable bonds is 2. The minimum atomic E-state index is 0.393. The third-order valence-corrected chi connectivity index (χ3v) is 4.35. The Morgan fingerprint density at radius 1 is 1.44 bits per heavy atom. The van der Waals surface area contributed by atoms with Crippen molar-refractivity contribution in [3.8, 4) is 11.3 Å². The van der Waals surface area contributed by atoms with Gasteiger partial charge in [-0.05, 0) is 18.6 Å². The molecule has 1 saturated heterocycles. The highest BCUT2D eigenvalue weighted by Crippen LogP contribution is 2.38. The molecule has 3 heterocycles. The Balaban J connectivity index is 1.99. The summed E-state index contributed by atoms with van der Waals surface area (Å²) in [7, 11) is 1.89. The zero-order valence-corrected chi connectivity index (χ0v) is 11.0. The lowest BCUT2D eigenvalue weighted by Crippen LogP contribution is -2.03. The van der Waals surface area contributed by atoms with E-state index in [9.17, 15) is 0 Å². The number of nitrogens with two attached hydrogens (primary N) is 1. The van der Waals surface area contributed by atoms with Gasteiger partial charge in [-0.1, -0.05) is 0 Å². The fourth-order valence-corrected chi connectivity index (χ4v) is 3.32. The maximum atomic E-state index is 5.88. The lowest BCUT2D eigenvalue weighted by atomic mass is 10.2. The largest absolute Gasteiger partial charge is 0.384 e. The molecule has 1 aliphatic rings. The first-order valence-electron chi connectivity index (χ1n) is 5.97. The molecule has 3 rings (SSSR count). The Morgan fingerprint density at radius 2 is 2.33 bits per heavy atom. The Bertz CT molecular complexity index is 559. The maximum absolute atomic E-state index is 5.88. The standard InChI is InChI=1S/C12H15N5S/c1-17-7-8(6-14-17)9-5-11(13)16-12(15-9)10-3-2-4-18-10/h5-7,10H,2-4H2,1H3,(H2,13,15,16). The first-order valence-corrected chi connectivity index (χ1v) is 7.02. The fourth-order valence-electron chi connectivity index (χ4n) is 2.11. The van der Waals surface area contributed by atoms with Crippen LogP contribution in [-0.4, -0.2) is 25.5 Å². The second kappa shape index (κ2) is 4.61. The van der Waals surface area contributed by atoms with Gasteiger partial charge in [0.1, 0.15) is 11.6 Å². The summed E-state index contributed by atoms with van der Waals surface area (Å²) >= 11 is 1.91. The molecule has 2 aromatic rings. The number of hydrogen-bond donors (Lipinski definition) is 1. The molecule has 1 fully saturated rings. The van der Waals surface area contributed by atoms with Gasteiger partial charge in [0.2, 0.25) is 0 Å². The molecular formula is C12H15N5S. The number of aromatic nitrogens is 4. The van der Waals surface area contributed by atoms with Gasteiger partial charge in [0.05, 0.1) is 17.1 Å². The highest BCUT2D eigenvalue weighted by atomic mass is 32.2. The van der Waals surface area contributed by atoms with E-state index in [0.29, 0.717) is 11.1 Å². The van der Waals surface area contributed by atoms with Gasteiger partial charge < -0.3 is 5.73 Å². The van der Waals surface area contributed by atoms with Gasteiger partial charge in [-0.3, -0.25) is 4.68 Å². The Morgan fingerprint density at radius 3 is 3.00 bits per heavy atom. The number of hydrogen-bond acceptors (Lipinski definition) is 5. The summed E-state index contributed by atoms with van der Waals surface area (Å²) in [6.07, 6.45) is 6.11. The molecule has 0 saturated carbocycles. The Hall–Kier alpha value is -1.56. The SMILES string of the molecule is Cn1cc(-c2cc(N)nc(C3CCCS3)n2)cn1. The molecule has 94 valence electrons. The van der Waals surface area contributed by atoms with Gasteiger partial charge in [0.15, 0.2) is 0 Å². The normalized spacial score (nSPS) is 19.3. The van der Waals surface area contributed by atoms with E-state index < -0.39 is 0 Å². The molecule has 5 nitrogen and oxygen atoms in total. The molecule has 0 aromatic carbocycles. The molecule has 6 heteroatoms. The molecule has 0 amide bonds.